The third-order valence-electron chi connectivity index (χ3n) is 1.87. The molecule has 0 aromatic heterocycles. The Morgan fingerprint density at radius 2 is 1.10 bits per heavy atom. The molecule has 0 spiro atoms. The molecule has 0 aromatic carbocycles. The zero-order chi connectivity index (χ0) is 7.40. The van der Waals surface area contributed by atoms with Gasteiger partial charge in [0.25, 0.3) is 0 Å². The van der Waals surface area contributed by atoms with Gasteiger partial charge in [0.1, 0.15) is 46.0 Å². The summed E-state index contributed by atoms with van der Waals surface area (Å²) < 4.78 is 10.4. The quantitative estimate of drug-likeness (QED) is 0.698. The maximum Gasteiger partial charge on any atom is 0.110 e. The maximum absolute atomic E-state index is 5.20. The topological polar surface area (TPSA) is 18.5 Å². The fourth-order valence-corrected chi connectivity index (χ4v) is 2.23. The van der Waals surface area contributed by atoms with Crippen LogP contribution in [0, 0.1) is 0 Å². The summed E-state index contributed by atoms with van der Waals surface area (Å²) in [6.07, 6.45) is 5.55. The van der Waals surface area contributed by atoms with Gasteiger partial charge < -0.3 is 6.13 Å². The minimum absolute atomic E-state index is 0.475. The first-order chi connectivity index (χ1) is 4.86. The van der Waals surface area contributed by atoms with Crippen LogP contribution in [-0.2, 0) is 6.13 Å². The number of hydrogen-bond acceptors (Lipinski definition) is 2. The molecule has 1 rings (SSSR count). The number of rotatable bonds is 2. The highest BCUT2D eigenvalue weighted by Crippen LogP contribution is 2.25. The van der Waals surface area contributed by atoms with E-state index in [0.29, 0.717) is 12.2 Å². The molecule has 1 fully saturated rings. The molecule has 4 heteroatoms. The van der Waals surface area contributed by atoms with E-state index < -0.39 is 0 Å². The lowest BCUT2D eigenvalue weighted by molar-refractivity contribution is 0.134. The van der Waals surface area contributed by atoms with Crippen LogP contribution in [0.15, 0.2) is 0 Å². The van der Waals surface area contributed by atoms with E-state index in [0.717, 1.165) is 25.7 Å². The molecule has 0 N–H and O–H groups in total. The van der Waals surface area contributed by atoms with Gasteiger partial charge >= 0.3 is 0 Å². The van der Waals surface area contributed by atoms with Crippen LogP contribution in [0.25, 0.3) is 0 Å². The van der Waals surface area contributed by atoms with Crippen LogP contribution < -0.4 is 0 Å². The van der Waals surface area contributed by atoms with Crippen LogP contribution in [0.5, 0.6) is 0 Å². The van der Waals surface area contributed by atoms with E-state index in [4.69, 9.17) is 6.13 Å². The minimum atomic E-state index is 0.475. The first-order valence-electron chi connectivity index (χ1n) is 3.41. The summed E-state index contributed by atoms with van der Waals surface area (Å²) in [6.45, 7) is 0. The summed E-state index contributed by atoms with van der Waals surface area (Å²) in [4.78, 5) is 0. The van der Waals surface area contributed by atoms with Crippen molar-refractivity contribution in [3.05, 3.63) is 0 Å². The van der Waals surface area contributed by atoms with Gasteiger partial charge in [-0.25, -0.2) is 0 Å². The molecule has 1 aliphatic rings. The van der Waals surface area contributed by atoms with Crippen LogP contribution in [0.3, 0.4) is 0 Å². The summed E-state index contributed by atoms with van der Waals surface area (Å²) in [7, 11) is 0. The standard InChI is InChI=1S/C6H10I2O2/c7-9-5-1-2-6(10-8)4-3-5/h5-6H,1-4H2. The smallest absolute Gasteiger partial charge is 0.110 e. The molecule has 1 aliphatic carbocycles. The maximum atomic E-state index is 5.20. The SMILES string of the molecule is IOC1CCC(OI)CC1. The molecule has 60 valence electrons. The van der Waals surface area contributed by atoms with Crippen LogP contribution in [0.4, 0.5) is 0 Å². The lowest BCUT2D eigenvalue weighted by atomic mass is 9.95. The molecule has 2 nitrogen and oxygen atoms in total. The van der Waals surface area contributed by atoms with Gasteiger partial charge in [-0.2, -0.15) is 0 Å². The van der Waals surface area contributed by atoms with E-state index in [1.807, 2.05) is 46.0 Å². The second-order valence-corrected chi connectivity index (χ2v) is 3.59. The van der Waals surface area contributed by atoms with Crippen molar-refractivity contribution in [3.8, 4) is 0 Å². The number of hydrogen-bond donors (Lipinski definition) is 0. The first kappa shape index (κ1) is 9.47. The van der Waals surface area contributed by atoms with Crippen LogP contribution in [-0.4, -0.2) is 12.2 Å². The Balaban J connectivity index is 2.17. The largest absolute Gasteiger partial charge is 0.312 e. The predicted molar refractivity (Wildman–Crippen MR) is 56.3 cm³/mol. The van der Waals surface area contributed by atoms with Gasteiger partial charge in [0.15, 0.2) is 0 Å². The van der Waals surface area contributed by atoms with Crippen molar-refractivity contribution in [1.82, 2.24) is 0 Å². The third-order valence-corrected chi connectivity index (χ3v) is 3.31. The Hall–Kier alpha value is 1.38. The van der Waals surface area contributed by atoms with Crippen molar-refractivity contribution in [2.75, 3.05) is 0 Å². The Kier molecular flexibility index (Phi) is 4.83. The Morgan fingerprint density at radius 3 is 1.30 bits per heavy atom. The molecule has 0 aromatic rings. The molecule has 0 amide bonds. The molecule has 0 unspecified atom stereocenters. The minimum Gasteiger partial charge on any atom is -0.312 e. The fourth-order valence-electron chi connectivity index (χ4n) is 1.21. The predicted octanol–water partition coefficient (Wildman–Crippen LogP) is 3.03. The van der Waals surface area contributed by atoms with E-state index in [1.54, 1.807) is 0 Å². The van der Waals surface area contributed by atoms with E-state index >= 15 is 0 Å². The van der Waals surface area contributed by atoms with Crippen molar-refractivity contribution < 1.29 is 6.13 Å². The molecule has 0 saturated heterocycles. The molecule has 0 aliphatic heterocycles. The highest BCUT2D eigenvalue weighted by Gasteiger charge is 2.20. The van der Waals surface area contributed by atoms with Crippen LogP contribution in [0.1, 0.15) is 25.7 Å². The lowest BCUT2D eigenvalue weighted by Crippen LogP contribution is -2.22. The average Bonchev–Trinajstić information content (AvgIpc) is 2.05. The second-order valence-electron chi connectivity index (χ2n) is 2.58. The molecule has 0 bridgehead atoms. The highest BCUT2D eigenvalue weighted by molar-refractivity contribution is 14.1. The third kappa shape index (κ3) is 2.78. The van der Waals surface area contributed by atoms with Gasteiger partial charge in [-0.05, 0) is 25.7 Å². The number of halogens is 2. The second kappa shape index (κ2) is 5.10. The highest BCUT2D eigenvalue weighted by atomic mass is 127. The van der Waals surface area contributed by atoms with Gasteiger partial charge in [-0.15, -0.1) is 0 Å². The van der Waals surface area contributed by atoms with Gasteiger partial charge in [0, 0.05) is 0 Å². The van der Waals surface area contributed by atoms with Crippen molar-refractivity contribution in [3.63, 3.8) is 0 Å². The molecule has 10 heavy (non-hydrogen) atoms. The zero-order valence-electron chi connectivity index (χ0n) is 5.56. The van der Waals surface area contributed by atoms with Gasteiger partial charge in [-0.3, -0.25) is 0 Å². The van der Waals surface area contributed by atoms with Gasteiger partial charge in [0.2, 0.25) is 0 Å². The summed E-state index contributed by atoms with van der Waals surface area (Å²) >= 11 is 3.97. The summed E-state index contributed by atoms with van der Waals surface area (Å²) in [5, 5.41) is 0. The van der Waals surface area contributed by atoms with Gasteiger partial charge in [-0.1, -0.05) is 0 Å². The molecule has 0 radical (unpaired) electrons. The summed E-state index contributed by atoms with van der Waals surface area (Å²) in [6, 6.07) is 0. The van der Waals surface area contributed by atoms with Gasteiger partial charge in [0.05, 0.1) is 12.2 Å². The Labute approximate surface area is 89.4 Å². The fraction of sp³-hybridized carbons (Fsp3) is 1.00. The monoisotopic (exact) mass is 368 g/mol. The van der Waals surface area contributed by atoms with Crippen molar-refractivity contribution in [2.45, 2.75) is 37.9 Å². The Bertz CT molecular complexity index is 79.7. The van der Waals surface area contributed by atoms with Crippen LogP contribution in [0.2, 0.25) is 0 Å². The van der Waals surface area contributed by atoms with Crippen molar-refractivity contribution >= 4 is 46.0 Å². The average molecular weight is 368 g/mol. The Morgan fingerprint density at radius 1 is 0.800 bits per heavy atom. The van der Waals surface area contributed by atoms with Crippen molar-refractivity contribution in [2.24, 2.45) is 0 Å². The first-order valence-corrected chi connectivity index (χ1v) is 5.17. The lowest BCUT2D eigenvalue weighted by Gasteiger charge is -2.24. The van der Waals surface area contributed by atoms with Crippen LogP contribution >= 0.6 is 46.0 Å². The normalized spacial score (nSPS) is 34.2. The molecular weight excluding hydrogens is 358 g/mol. The van der Waals surface area contributed by atoms with E-state index in [2.05, 4.69) is 0 Å². The summed E-state index contributed by atoms with van der Waals surface area (Å²) in [5.41, 5.74) is 0. The molecule has 0 heterocycles. The summed E-state index contributed by atoms with van der Waals surface area (Å²) in [5.74, 6) is 0. The van der Waals surface area contributed by atoms with Crippen molar-refractivity contribution in [1.29, 1.82) is 0 Å². The van der Waals surface area contributed by atoms with E-state index in [1.165, 1.54) is 0 Å². The van der Waals surface area contributed by atoms with E-state index in [9.17, 15) is 0 Å². The molecule has 0 atom stereocenters. The van der Waals surface area contributed by atoms with E-state index in [-0.39, 0.29) is 0 Å². The zero-order valence-corrected chi connectivity index (χ0v) is 9.87. The molecule has 1 saturated carbocycles. The molecular formula is C6H10I2O2.